The summed E-state index contributed by atoms with van der Waals surface area (Å²) in [5, 5.41) is 0.899. The molecular weight excluding hydrogens is 244 g/mol. The lowest BCUT2D eigenvalue weighted by molar-refractivity contribution is 0.163. The van der Waals surface area contributed by atoms with Crippen molar-refractivity contribution in [1.29, 1.82) is 0 Å². The predicted octanol–water partition coefficient (Wildman–Crippen LogP) is 3.21. The molecule has 1 aromatic rings. The highest BCUT2D eigenvalue weighted by Crippen LogP contribution is 2.24. The zero-order valence-electron chi connectivity index (χ0n) is 11.2. The summed E-state index contributed by atoms with van der Waals surface area (Å²) in [5.41, 5.74) is 8.13. The molecule has 0 amide bonds. The van der Waals surface area contributed by atoms with Gasteiger partial charge in [-0.15, -0.1) is 0 Å². The van der Waals surface area contributed by atoms with Gasteiger partial charge in [-0.3, -0.25) is 4.90 Å². The van der Waals surface area contributed by atoms with Crippen molar-refractivity contribution in [1.82, 2.24) is 4.90 Å². The molecule has 0 saturated carbocycles. The van der Waals surface area contributed by atoms with Gasteiger partial charge in [-0.1, -0.05) is 23.7 Å². The van der Waals surface area contributed by atoms with Gasteiger partial charge in [0.15, 0.2) is 0 Å². The number of hydrogen-bond acceptors (Lipinski definition) is 2. The second-order valence-corrected chi connectivity index (χ2v) is 5.82. The lowest BCUT2D eigenvalue weighted by Gasteiger charge is -2.32. The average Bonchev–Trinajstić information content (AvgIpc) is 2.34. The fourth-order valence-electron chi connectivity index (χ4n) is 2.79. The lowest BCUT2D eigenvalue weighted by Crippen LogP contribution is -2.35. The van der Waals surface area contributed by atoms with E-state index >= 15 is 0 Å². The van der Waals surface area contributed by atoms with E-state index in [0.717, 1.165) is 30.5 Å². The normalized spacial score (nSPS) is 21.2. The van der Waals surface area contributed by atoms with Crippen LogP contribution >= 0.6 is 11.6 Å². The van der Waals surface area contributed by atoms with Crippen LogP contribution in [0.5, 0.6) is 0 Å². The molecular formula is C15H23ClN2. The quantitative estimate of drug-likeness (QED) is 0.907. The second-order valence-electron chi connectivity index (χ2n) is 5.42. The Morgan fingerprint density at radius 2 is 2.28 bits per heavy atom. The van der Waals surface area contributed by atoms with E-state index in [-0.39, 0.29) is 0 Å². The monoisotopic (exact) mass is 266 g/mol. The Morgan fingerprint density at radius 1 is 1.44 bits per heavy atom. The Balaban J connectivity index is 1.96. The van der Waals surface area contributed by atoms with Crippen LogP contribution in [0.25, 0.3) is 0 Å². The Labute approximate surface area is 115 Å². The molecule has 1 saturated heterocycles. The molecule has 2 N–H and O–H groups in total. The second kappa shape index (κ2) is 6.55. The molecule has 1 aliphatic rings. The minimum atomic E-state index is 0.771. The summed E-state index contributed by atoms with van der Waals surface area (Å²) in [6.07, 6.45) is 3.77. The Kier molecular flexibility index (Phi) is 5.04. The summed E-state index contributed by atoms with van der Waals surface area (Å²) in [6, 6.07) is 6.35. The summed E-state index contributed by atoms with van der Waals surface area (Å²) >= 11 is 6.30. The van der Waals surface area contributed by atoms with E-state index in [1.54, 1.807) is 0 Å². The topological polar surface area (TPSA) is 29.3 Å². The van der Waals surface area contributed by atoms with E-state index in [9.17, 15) is 0 Å². The van der Waals surface area contributed by atoms with Crippen LogP contribution in [0.4, 0.5) is 0 Å². The number of halogens is 1. The number of rotatable bonds is 4. The third kappa shape index (κ3) is 3.71. The van der Waals surface area contributed by atoms with Crippen LogP contribution in [0.2, 0.25) is 5.02 Å². The highest BCUT2D eigenvalue weighted by atomic mass is 35.5. The summed E-state index contributed by atoms with van der Waals surface area (Å²) in [5.74, 6) is 0.771. The van der Waals surface area contributed by atoms with Crippen molar-refractivity contribution in [2.24, 2.45) is 11.7 Å². The standard InChI is InChI=1S/C15H23ClN2/c1-12-4-5-14(15(16)9-12)11-18-8-2-3-13(10-18)6-7-17/h4-5,9,13H,2-3,6-8,10-11,17H2,1H3. The van der Waals surface area contributed by atoms with Crippen molar-refractivity contribution in [3.05, 3.63) is 34.3 Å². The third-order valence-electron chi connectivity index (χ3n) is 3.78. The number of nitrogens with zero attached hydrogens (tertiary/aromatic N) is 1. The molecule has 1 unspecified atom stereocenters. The first kappa shape index (κ1) is 13.9. The number of hydrogen-bond donors (Lipinski definition) is 1. The van der Waals surface area contributed by atoms with Crippen molar-refractivity contribution in [2.45, 2.75) is 32.7 Å². The van der Waals surface area contributed by atoms with Crippen molar-refractivity contribution in [3.8, 4) is 0 Å². The van der Waals surface area contributed by atoms with Gasteiger partial charge in [-0.25, -0.2) is 0 Å². The first-order chi connectivity index (χ1) is 8.69. The summed E-state index contributed by atoms with van der Waals surface area (Å²) in [4.78, 5) is 2.51. The fourth-order valence-corrected chi connectivity index (χ4v) is 3.08. The Bertz CT molecular complexity index is 390. The maximum atomic E-state index is 6.30. The smallest absolute Gasteiger partial charge is 0.0453 e. The summed E-state index contributed by atoms with van der Waals surface area (Å²) < 4.78 is 0. The van der Waals surface area contributed by atoms with Gasteiger partial charge in [-0.2, -0.15) is 0 Å². The number of aryl methyl sites for hydroxylation is 1. The van der Waals surface area contributed by atoms with Crippen LogP contribution in [-0.4, -0.2) is 24.5 Å². The van der Waals surface area contributed by atoms with Crippen molar-refractivity contribution in [3.63, 3.8) is 0 Å². The van der Waals surface area contributed by atoms with Crippen LogP contribution in [-0.2, 0) is 6.54 Å². The van der Waals surface area contributed by atoms with Gasteiger partial charge in [-0.05, 0) is 62.4 Å². The van der Waals surface area contributed by atoms with Gasteiger partial charge in [0.2, 0.25) is 0 Å². The maximum Gasteiger partial charge on any atom is 0.0453 e. The van der Waals surface area contributed by atoms with Crippen LogP contribution in [0.15, 0.2) is 18.2 Å². The molecule has 0 radical (unpaired) electrons. The van der Waals surface area contributed by atoms with Crippen LogP contribution in [0, 0.1) is 12.8 Å². The van der Waals surface area contributed by atoms with E-state index in [2.05, 4.69) is 30.0 Å². The summed E-state index contributed by atoms with van der Waals surface area (Å²) in [6.45, 7) is 6.21. The number of likely N-dealkylation sites (tertiary alicyclic amines) is 1. The molecule has 1 fully saturated rings. The predicted molar refractivity (Wildman–Crippen MR) is 77.9 cm³/mol. The molecule has 1 aromatic carbocycles. The molecule has 2 nitrogen and oxygen atoms in total. The zero-order chi connectivity index (χ0) is 13.0. The molecule has 1 atom stereocenters. The minimum absolute atomic E-state index is 0.771. The Hall–Kier alpha value is -0.570. The first-order valence-electron chi connectivity index (χ1n) is 6.86. The molecule has 0 spiro atoms. The van der Waals surface area contributed by atoms with E-state index in [1.165, 1.54) is 37.1 Å². The van der Waals surface area contributed by atoms with Crippen molar-refractivity contribution in [2.75, 3.05) is 19.6 Å². The third-order valence-corrected chi connectivity index (χ3v) is 4.13. The number of piperidine rings is 1. The van der Waals surface area contributed by atoms with Crippen LogP contribution in [0.3, 0.4) is 0 Å². The van der Waals surface area contributed by atoms with Gasteiger partial charge in [0.1, 0.15) is 0 Å². The maximum absolute atomic E-state index is 6.30. The van der Waals surface area contributed by atoms with E-state index in [4.69, 9.17) is 17.3 Å². The molecule has 0 bridgehead atoms. The number of benzene rings is 1. The van der Waals surface area contributed by atoms with E-state index in [1.807, 2.05) is 0 Å². The SMILES string of the molecule is Cc1ccc(CN2CCCC(CCN)C2)c(Cl)c1. The highest BCUT2D eigenvalue weighted by Gasteiger charge is 2.19. The van der Waals surface area contributed by atoms with Gasteiger partial charge in [0.25, 0.3) is 0 Å². The summed E-state index contributed by atoms with van der Waals surface area (Å²) in [7, 11) is 0. The minimum Gasteiger partial charge on any atom is -0.330 e. The average molecular weight is 267 g/mol. The Morgan fingerprint density at radius 3 is 3.00 bits per heavy atom. The van der Waals surface area contributed by atoms with Crippen LogP contribution < -0.4 is 5.73 Å². The molecule has 0 aromatic heterocycles. The van der Waals surface area contributed by atoms with Gasteiger partial charge in [0, 0.05) is 18.1 Å². The lowest BCUT2D eigenvalue weighted by atomic mass is 9.94. The van der Waals surface area contributed by atoms with Gasteiger partial charge >= 0.3 is 0 Å². The molecule has 1 heterocycles. The largest absolute Gasteiger partial charge is 0.330 e. The molecule has 0 aliphatic carbocycles. The van der Waals surface area contributed by atoms with Crippen molar-refractivity contribution >= 4 is 11.6 Å². The molecule has 1 aliphatic heterocycles. The zero-order valence-corrected chi connectivity index (χ0v) is 11.9. The van der Waals surface area contributed by atoms with Gasteiger partial charge < -0.3 is 5.73 Å². The molecule has 2 rings (SSSR count). The fraction of sp³-hybridized carbons (Fsp3) is 0.600. The molecule has 3 heteroatoms. The van der Waals surface area contributed by atoms with Crippen molar-refractivity contribution < 1.29 is 0 Å². The van der Waals surface area contributed by atoms with E-state index < -0.39 is 0 Å². The molecule has 18 heavy (non-hydrogen) atoms. The molecule has 100 valence electrons. The number of nitrogens with two attached hydrogens (primary N) is 1. The van der Waals surface area contributed by atoms with Crippen LogP contribution in [0.1, 0.15) is 30.4 Å². The van der Waals surface area contributed by atoms with Gasteiger partial charge in [0.05, 0.1) is 0 Å². The highest BCUT2D eigenvalue weighted by molar-refractivity contribution is 6.31. The van der Waals surface area contributed by atoms with E-state index in [0.29, 0.717) is 0 Å². The first-order valence-corrected chi connectivity index (χ1v) is 7.24.